The minimum absolute atomic E-state index is 0.259. The Morgan fingerprint density at radius 1 is 1.14 bits per heavy atom. The van der Waals surface area contributed by atoms with Crippen molar-refractivity contribution < 1.29 is 25.0 Å². The molecule has 0 aliphatic rings. The first-order chi connectivity index (χ1) is 6.43. The van der Waals surface area contributed by atoms with Crippen LogP contribution in [0.3, 0.4) is 0 Å². The Kier molecular flexibility index (Phi) is 5.31. The highest BCUT2D eigenvalue weighted by Gasteiger charge is 1.98. The Morgan fingerprint density at radius 2 is 1.50 bits per heavy atom. The quantitative estimate of drug-likeness (QED) is 0.289. The molecule has 7 heteroatoms. The number of nitrogen functional groups attached to an aromatic ring is 1. The average Bonchev–Trinajstić information content (AvgIpc) is 2.03. The Hall–Kier alpha value is -1.57. The first-order valence-electron chi connectivity index (χ1n) is 3.56. The van der Waals surface area contributed by atoms with E-state index in [-0.39, 0.29) is 5.56 Å². The molecule has 0 spiro atoms. The van der Waals surface area contributed by atoms with Crippen LogP contribution in [0.4, 0.5) is 5.69 Å². The zero-order chi connectivity index (χ0) is 11.1. The lowest BCUT2D eigenvalue weighted by Crippen LogP contribution is -2.07. The van der Waals surface area contributed by atoms with Crippen molar-refractivity contribution in [2.45, 2.75) is 0 Å². The normalized spacial score (nSPS) is 8.50. The highest BCUT2D eigenvalue weighted by Crippen LogP contribution is 2.04. The Balaban J connectivity index is 0.000000364. The molecule has 0 unspecified atom stereocenters. The standard InChI is InChI=1S/C7H7NO2.BH3O3/c8-6-3-1-5(2-4-6)7(9)10;2-1(3)4/h1-4H,8H2,(H,9,10);2-4H. The molecule has 0 radical (unpaired) electrons. The van der Waals surface area contributed by atoms with Crippen LogP contribution in [0.15, 0.2) is 24.3 Å². The lowest BCUT2D eigenvalue weighted by molar-refractivity contribution is 0.0697. The monoisotopic (exact) mass is 199 g/mol. The number of hydrogen-bond acceptors (Lipinski definition) is 5. The number of carbonyl (C=O) groups is 1. The number of rotatable bonds is 1. The topological polar surface area (TPSA) is 124 Å². The fourth-order valence-corrected chi connectivity index (χ4v) is 0.626. The van der Waals surface area contributed by atoms with E-state index in [1.54, 1.807) is 12.1 Å². The molecule has 0 saturated heterocycles. The maximum atomic E-state index is 10.3. The van der Waals surface area contributed by atoms with Gasteiger partial charge in [-0.2, -0.15) is 0 Å². The van der Waals surface area contributed by atoms with Crippen molar-refractivity contribution in [2.75, 3.05) is 5.73 Å². The van der Waals surface area contributed by atoms with E-state index in [2.05, 4.69) is 0 Å². The van der Waals surface area contributed by atoms with Gasteiger partial charge in [0.1, 0.15) is 0 Å². The van der Waals surface area contributed by atoms with Crippen LogP contribution in [0, 0.1) is 0 Å². The third kappa shape index (κ3) is 6.01. The summed E-state index contributed by atoms with van der Waals surface area (Å²) in [6, 6.07) is 6.06. The highest BCUT2D eigenvalue weighted by atomic mass is 16.5. The smallest absolute Gasteiger partial charge is 0.478 e. The minimum atomic E-state index is -2.17. The maximum absolute atomic E-state index is 10.3. The number of carboxylic acid groups (broad SMARTS) is 1. The third-order valence-corrected chi connectivity index (χ3v) is 1.16. The van der Waals surface area contributed by atoms with Gasteiger partial charge in [-0.25, -0.2) is 4.79 Å². The number of carboxylic acids is 1. The summed E-state index contributed by atoms with van der Waals surface area (Å²) in [7, 11) is -2.17. The predicted octanol–water partition coefficient (Wildman–Crippen LogP) is -1.08. The lowest BCUT2D eigenvalue weighted by atomic mass is 10.2. The molecule has 0 saturated carbocycles. The molecule has 1 aromatic carbocycles. The van der Waals surface area contributed by atoms with Crippen LogP contribution in [0.2, 0.25) is 0 Å². The third-order valence-electron chi connectivity index (χ3n) is 1.16. The predicted molar refractivity (Wildman–Crippen MR) is 50.2 cm³/mol. The van der Waals surface area contributed by atoms with Gasteiger partial charge in [-0.1, -0.05) is 0 Å². The maximum Gasteiger partial charge on any atom is 0.631 e. The van der Waals surface area contributed by atoms with Crippen LogP contribution >= 0.6 is 0 Å². The number of aromatic carboxylic acids is 1. The molecule has 14 heavy (non-hydrogen) atoms. The molecule has 1 rings (SSSR count). The fourth-order valence-electron chi connectivity index (χ4n) is 0.626. The minimum Gasteiger partial charge on any atom is -0.478 e. The molecule has 1 aromatic rings. The zero-order valence-corrected chi connectivity index (χ0v) is 7.16. The van der Waals surface area contributed by atoms with E-state index in [0.717, 1.165) is 0 Å². The molecule has 0 bridgehead atoms. The molecule has 6 nitrogen and oxygen atoms in total. The first kappa shape index (κ1) is 12.4. The molecule has 0 amide bonds. The number of anilines is 1. The van der Waals surface area contributed by atoms with Gasteiger partial charge in [0.15, 0.2) is 0 Å². The molecular formula is C7H10BNO5. The summed E-state index contributed by atoms with van der Waals surface area (Å²) in [5.74, 6) is -0.931. The number of hydrogen-bond donors (Lipinski definition) is 5. The van der Waals surface area contributed by atoms with E-state index in [4.69, 9.17) is 25.9 Å². The summed E-state index contributed by atoms with van der Waals surface area (Å²) < 4.78 is 0. The van der Waals surface area contributed by atoms with E-state index in [1.807, 2.05) is 0 Å². The van der Waals surface area contributed by atoms with Crippen molar-refractivity contribution in [3.63, 3.8) is 0 Å². The van der Waals surface area contributed by atoms with Gasteiger partial charge in [-0.3, -0.25) is 0 Å². The SMILES string of the molecule is Nc1ccc(C(=O)O)cc1.OB(O)O. The van der Waals surface area contributed by atoms with Gasteiger partial charge in [0.2, 0.25) is 0 Å². The van der Waals surface area contributed by atoms with Gasteiger partial charge < -0.3 is 25.9 Å². The highest BCUT2D eigenvalue weighted by molar-refractivity contribution is 6.30. The Bertz CT molecular complexity index is 284. The Labute approximate surface area is 80.4 Å². The van der Waals surface area contributed by atoms with Crippen LogP contribution in [-0.4, -0.2) is 33.5 Å². The second-order valence-electron chi connectivity index (χ2n) is 2.27. The summed E-state index contributed by atoms with van der Waals surface area (Å²) in [4.78, 5) is 10.3. The van der Waals surface area contributed by atoms with E-state index < -0.39 is 13.3 Å². The van der Waals surface area contributed by atoms with Crippen LogP contribution in [0.1, 0.15) is 10.4 Å². The van der Waals surface area contributed by atoms with Crippen LogP contribution in [0.5, 0.6) is 0 Å². The zero-order valence-electron chi connectivity index (χ0n) is 7.16. The van der Waals surface area contributed by atoms with Gasteiger partial charge in [-0.05, 0) is 24.3 Å². The summed E-state index contributed by atoms with van der Waals surface area (Å²) in [6.45, 7) is 0. The van der Waals surface area contributed by atoms with E-state index in [1.165, 1.54) is 12.1 Å². The molecule has 0 fully saturated rings. The molecule has 0 aliphatic carbocycles. The number of nitrogens with two attached hydrogens (primary N) is 1. The second kappa shape index (κ2) is 5.98. The van der Waals surface area contributed by atoms with Crippen molar-refractivity contribution >= 4 is 19.0 Å². The van der Waals surface area contributed by atoms with E-state index in [0.29, 0.717) is 5.69 Å². The fraction of sp³-hybridized carbons (Fsp3) is 0. The van der Waals surface area contributed by atoms with Crippen molar-refractivity contribution in [1.82, 2.24) is 0 Å². The summed E-state index contributed by atoms with van der Waals surface area (Å²) in [6.07, 6.45) is 0. The molecule has 0 aromatic heterocycles. The van der Waals surface area contributed by atoms with Gasteiger partial charge in [0, 0.05) is 5.69 Å². The van der Waals surface area contributed by atoms with Crippen LogP contribution in [0.25, 0.3) is 0 Å². The van der Waals surface area contributed by atoms with Crippen molar-refractivity contribution in [2.24, 2.45) is 0 Å². The lowest BCUT2D eigenvalue weighted by Gasteiger charge is -1.93. The summed E-state index contributed by atoms with van der Waals surface area (Å²) in [5, 5.41) is 29.9. The number of benzene rings is 1. The van der Waals surface area contributed by atoms with Crippen LogP contribution < -0.4 is 5.73 Å². The molecule has 0 aliphatic heterocycles. The van der Waals surface area contributed by atoms with Gasteiger partial charge in [0.25, 0.3) is 0 Å². The van der Waals surface area contributed by atoms with Gasteiger partial charge in [0.05, 0.1) is 5.56 Å². The summed E-state index contributed by atoms with van der Waals surface area (Å²) >= 11 is 0. The van der Waals surface area contributed by atoms with Crippen LogP contribution in [-0.2, 0) is 0 Å². The molecule has 0 heterocycles. The van der Waals surface area contributed by atoms with Crippen molar-refractivity contribution in [3.8, 4) is 0 Å². The molecule has 0 atom stereocenters. The van der Waals surface area contributed by atoms with Crippen molar-refractivity contribution in [1.29, 1.82) is 0 Å². The second-order valence-corrected chi connectivity index (χ2v) is 2.27. The van der Waals surface area contributed by atoms with Crippen molar-refractivity contribution in [3.05, 3.63) is 29.8 Å². The molecular weight excluding hydrogens is 189 g/mol. The average molecular weight is 199 g/mol. The van der Waals surface area contributed by atoms with E-state index >= 15 is 0 Å². The first-order valence-corrected chi connectivity index (χ1v) is 3.56. The van der Waals surface area contributed by atoms with E-state index in [9.17, 15) is 4.79 Å². The largest absolute Gasteiger partial charge is 0.631 e. The van der Waals surface area contributed by atoms with Gasteiger partial charge in [-0.15, -0.1) is 0 Å². The Morgan fingerprint density at radius 3 is 1.79 bits per heavy atom. The van der Waals surface area contributed by atoms with Gasteiger partial charge >= 0.3 is 13.3 Å². The summed E-state index contributed by atoms with van der Waals surface area (Å²) in [5.41, 5.74) is 6.17. The molecule has 76 valence electrons. The molecule has 6 N–H and O–H groups in total.